The highest BCUT2D eigenvalue weighted by atomic mass is 19.3. The summed E-state index contributed by atoms with van der Waals surface area (Å²) in [5, 5.41) is 14.5. The van der Waals surface area contributed by atoms with Crippen molar-refractivity contribution in [2.45, 2.75) is 32.3 Å². The fraction of sp³-hybridized carbons (Fsp3) is 0.400. The van der Waals surface area contributed by atoms with Crippen LogP contribution >= 0.6 is 0 Å². The van der Waals surface area contributed by atoms with E-state index in [0.717, 1.165) is 17.8 Å². The van der Waals surface area contributed by atoms with Crippen molar-refractivity contribution in [2.24, 2.45) is 7.05 Å². The molecule has 1 atom stereocenters. The molecule has 2 rings (SSSR count). The molecule has 0 amide bonds. The molecule has 0 saturated carbocycles. The van der Waals surface area contributed by atoms with Crippen LogP contribution in [0.1, 0.15) is 42.0 Å². The lowest BCUT2D eigenvalue weighted by Crippen LogP contribution is -2.06. The second-order valence-corrected chi connectivity index (χ2v) is 4.79. The van der Waals surface area contributed by atoms with Crippen LogP contribution in [0.25, 0.3) is 0 Å². The molecule has 1 aromatic carbocycles. The molecule has 0 radical (unpaired) electrons. The van der Waals surface area contributed by atoms with Crippen LogP contribution in [0.2, 0.25) is 0 Å². The maximum absolute atomic E-state index is 12.5. The number of aliphatic hydroxyl groups excluding tert-OH is 1. The highest BCUT2D eigenvalue weighted by Crippen LogP contribution is 2.23. The molecule has 1 heterocycles. The van der Waals surface area contributed by atoms with Crippen LogP contribution < -0.4 is 0 Å². The second-order valence-electron chi connectivity index (χ2n) is 4.79. The molecule has 108 valence electrons. The predicted octanol–water partition coefficient (Wildman–Crippen LogP) is 3.20. The van der Waals surface area contributed by atoms with E-state index >= 15 is 0 Å². The molecule has 0 aliphatic rings. The van der Waals surface area contributed by atoms with Gasteiger partial charge in [-0.15, -0.1) is 0 Å². The Kier molecular flexibility index (Phi) is 4.49. The third kappa shape index (κ3) is 3.22. The van der Waals surface area contributed by atoms with Crippen molar-refractivity contribution in [3.8, 4) is 0 Å². The molecule has 1 unspecified atom stereocenters. The average Bonchev–Trinajstić information content (AvgIpc) is 2.79. The Morgan fingerprint density at radius 2 is 1.80 bits per heavy atom. The van der Waals surface area contributed by atoms with Crippen molar-refractivity contribution < 1.29 is 13.9 Å². The second kappa shape index (κ2) is 6.13. The van der Waals surface area contributed by atoms with Crippen molar-refractivity contribution in [1.29, 1.82) is 0 Å². The van der Waals surface area contributed by atoms with E-state index in [0.29, 0.717) is 12.0 Å². The molecular weight excluding hydrogens is 262 g/mol. The third-order valence-electron chi connectivity index (χ3n) is 3.37. The van der Waals surface area contributed by atoms with E-state index in [1.807, 2.05) is 20.0 Å². The molecule has 0 aliphatic carbocycles. The van der Waals surface area contributed by atoms with Crippen molar-refractivity contribution in [3.05, 3.63) is 52.8 Å². The number of aliphatic hydroxyl groups is 1. The lowest BCUT2D eigenvalue weighted by atomic mass is 10.0. The average molecular weight is 280 g/mol. The number of hydrogen-bond donors (Lipinski definition) is 1. The quantitative estimate of drug-likeness (QED) is 0.913. The Balaban J connectivity index is 2.10. The van der Waals surface area contributed by atoms with Crippen molar-refractivity contribution in [3.63, 3.8) is 0 Å². The molecule has 0 saturated heterocycles. The fourth-order valence-electron chi connectivity index (χ4n) is 2.11. The van der Waals surface area contributed by atoms with Crippen molar-refractivity contribution in [1.82, 2.24) is 9.78 Å². The number of halogens is 2. The van der Waals surface area contributed by atoms with Gasteiger partial charge >= 0.3 is 0 Å². The van der Waals surface area contributed by atoms with Crippen LogP contribution in [-0.4, -0.2) is 14.9 Å². The van der Waals surface area contributed by atoms with Gasteiger partial charge in [0.05, 0.1) is 11.8 Å². The first-order chi connectivity index (χ1) is 9.51. The van der Waals surface area contributed by atoms with Crippen LogP contribution in [0.3, 0.4) is 0 Å². The van der Waals surface area contributed by atoms with Gasteiger partial charge in [-0.25, -0.2) is 8.78 Å². The number of benzene rings is 1. The summed E-state index contributed by atoms with van der Waals surface area (Å²) in [7, 11) is 1.83. The summed E-state index contributed by atoms with van der Waals surface area (Å²) in [5.41, 5.74) is 2.50. The van der Waals surface area contributed by atoms with E-state index in [1.54, 1.807) is 16.8 Å². The molecule has 2 aromatic rings. The monoisotopic (exact) mass is 280 g/mol. The van der Waals surface area contributed by atoms with Crippen molar-refractivity contribution >= 4 is 0 Å². The van der Waals surface area contributed by atoms with Gasteiger partial charge in [0.1, 0.15) is 0 Å². The summed E-state index contributed by atoms with van der Waals surface area (Å²) >= 11 is 0. The van der Waals surface area contributed by atoms with Gasteiger partial charge in [0.25, 0.3) is 6.43 Å². The predicted molar refractivity (Wildman–Crippen MR) is 72.6 cm³/mol. The molecule has 3 nitrogen and oxygen atoms in total. The zero-order valence-corrected chi connectivity index (χ0v) is 11.6. The fourth-order valence-corrected chi connectivity index (χ4v) is 2.11. The summed E-state index contributed by atoms with van der Waals surface area (Å²) in [6.45, 7) is 2.02. The smallest absolute Gasteiger partial charge is 0.263 e. The summed E-state index contributed by atoms with van der Waals surface area (Å²) < 4.78 is 26.7. The van der Waals surface area contributed by atoms with Gasteiger partial charge in [-0.2, -0.15) is 5.10 Å². The lowest BCUT2D eigenvalue weighted by Gasteiger charge is -2.11. The molecule has 1 N–H and O–H groups in total. The Hall–Kier alpha value is -1.75. The summed E-state index contributed by atoms with van der Waals surface area (Å²) in [4.78, 5) is 0. The summed E-state index contributed by atoms with van der Waals surface area (Å²) in [6, 6.07) is 7.75. The van der Waals surface area contributed by atoms with Gasteiger partial charge in [0.15, 0.2) is 0 Å². The van der Waals surface area contributed by atoms with Gasteiger partial charge in [0, 0.05) is 24.7 Å². The normalized spacial score (nSPS) is 12.9. The van der Waals surface area contributed by atoms with Crippen LogP contribution in [0, 0.1) is 0 Å². The first-order valence-corrected chi connectivity index (χ1v) is 6.59. The van der Waals surface area contributed by atoms with Crippen LogP contribution in [0.5, 0.6) is 0 Å². The number of aromatic nitrogens is 2. The molecule has 1 aromatic heterocycles. The lowest BCUT2D eigenvalue weighted by molar-refractivity contribution is 0.150. The van der Waals surface area contributed by atoms with Gasteiger partial charge in [0.2, 0.25) is 0 Å². The minimum Gasteiger partial charge on any atom is -0.388 e. The maximum atomic E-state index is 12.5. The highest BCUT2D eigenvalue weighted by molar-refractivity contribution is 5.26. The molecule has 0 bridgehead atoms. The number of alkyl halides is 2. The Labute approximate surface area is 116 Å². The number of aryl methyl sites for hydroxylation is 2. The maximum Gasteiger partial charge on any atom is 0.263 e. The Morgan fingerprint density at radius 3 is 2.30 bits per heavy atom. The first kappa shape index (κ1) is 14.7. The number of rotatable bonds is 5. The molecule has 5 heteroatoms. The minimum absolute atomic E-state index is 0.0326. The third-order valence-corrected chi connectivity index (χ3v) is 3.37. The van der Waals surface area contributed by atoms with E-state index in [-0.39, 0.29) is 5.56 Å². The van der Waals surface area contributed by atoms with E-state index in [2.05, 4.69) is 5.10 Å². The van der Waals surface area contributed by atoms with E-state index in [9.17, 15) is 13.9 Å². The Morgan fingerprint density at radius 1 is 1.20 bits per heavy atom. The van der Waals surface area contributed by atoms with E-state index in [1.165, 1.54) is 12.1 Å². The topological polar surface area (TPSA) is 38.0 Å². The number of nitrogens with zero attached hydrogens (tertiary/aromatic N) is 2. The molecular formula is C15H18F2N2O. The molecule has 0 aliphatic heterocycles. The number of hydrogen-bond acceptors (Lipinski definition) is 2. The summed E-state index contributed by atoms with van der Waals surface area (Å²) in [6.07, 6.45) is -1.95. The van der Waals surface area contributed by atoms with Gasteiger partial charge in [-0.1, -0.05) is 31.2 Å². The van der Waals surface area contributed by atoms with Gasteiger partial charge in [-0.3, -0.25) is 4.68 Å². The van der Waals surface area contributed by atoms with Crippen LogP contribution in [-0.2, 0) is 19.9 Å². The Bertz CT molecular complexity index is 564. The molecule has 0 fully saturated rings. The first-order valence-electron chi connectivity index (χ1n) is 6.59. The van der Waals surface area contributed by atoms with E-state index in [4.69, 9.17) is 0 Å². The summed E-state index contributed by atoms with van der Waals surface area (Å²) in [5.74, 6) is 0. The van der Waals surface area contributed by atoms with E-state index < -0.39 is 12.5 Å². The SMILES string of the molecule is CCc1cc(CC(O)c2ccc(C(F)F)cc2)n(C)n1. The minimum atomic E-state index is -2.48. The van der Waals surface area contributed by atoms with Gasteiger partial charge in [-0.05, 0) is 18.1 Å². The molecule has 0 spiro atoms. The van der Waals surface area contributed by atoms with Gasteiger partial charge < -0.3 is 5.11 Å². The zero-order valence-electron chi connectivity index (χ0n) is 11.6. The standard InChI is InChI=1S/C15H18F2N2O/c1-3-12-8-13(19(2)18-12)9-14(20)10-4-6-11(7-5-10)15(16)17/h4-8,14-15,20H,3,9H2,1-2H3. The largest absolute Gasteiger partial charge is 0.388 e. The van der Waals surface area contributed by atoms with Crippen LogP contribution in [0.4, 0.5) is 8.78 Å². The zero-order chi connectivity index (χ0) is 14.7. The highest BCUT2D eigenvalue weighted by Gasteiger charge is 2.14. The molecule has 20 heavy (non-hydrogen) atoms. The van der Waals surface area contributed by atoms with Crippen molar-refractivity contribution in [2.75, 3.05) is 0 Å². The van der Waals surface area contributed by atoms with Crippen LogP contribution in [0.15, 0.2) is 30.3 Å².